The van der Waals surface area contributed by atoms with Crippen LogP contribution in [0.3, 0.4) is 0 Å². The number of thioether (sulfide) groups is 1. The van der Waals surface area contributed by atoms with Crippen molar-refractivity contribution in [3.8, 4) is 0 Å². The van der Waals surface area contributed by atoms with Gasteiger partial charge in [-0.15, -0.1) is 11.8 Å². The monoisotopic (exact) mass is 364 g/mol. The quantitative estimate of drug-likeness (QED) is 0.470. The Morgan fingerprint density at radius 3 is 2.61 bits per heavy atom. The summed E-state index contributed by atoms with van der Waals surface area (Å²) >= 11 is 13.7. The molecule has 0 saturated carbocycles. The second kappa shape index (κ2) is 7.25. The Balaban J connectivity index is 1.78. The molecule has 0 unspecified atom stereocenters. The molecule has 1 aliphatic rings. The van der Waals surface area contributed by atoms with Gasteiger partial charge >= 0.3 is 0 Å². The summed E-state index contributed by atoms with van der Waals surface area (Å²) in [6.45, 7) is 0. The van der Waals surface area contributed by atoms with E-state index in [2.05, 4.69) is 15.5 Å². The predicted octanol–water partition coefficient (Wildman–Crippen LogP) is 4.43. The fourth-order valence-corrected chi connectivity index (χ4v) is 3.48. The first kappa shape index (κ1) is 16.2. The number of hydrogen-bond acceptors (Lipinski definition) is 3. The van der Waals surface area contributed by atoms with Gasteiger partial charge in [0.05, 0.1) is 11.4 Å². The minimum atomic E-state index is 0.224. The van der Waals surface area contributed by atoms with Gasteiger partial charge in [0, 0.05) is 32.7 Å². The fraction of sp³-hybridized carbons (Fsp3) is 0.125. The largest absolute Gasteiger partial charge is 0.368 e. The number of fused-ring (bicyclic) bond motifs is 1. The van der Waals surface area contributed by atoms with Crippen LogP contribution >= 0.6 is 35.0 Å². The van der Waals surface area contributed by atoms with Gasteiger partial charge in [0.1, 0.15) is 0 Å². The smallest absolute Gasteiger partial charge is 0.214 e. The van der Waals surface area contributed by atoms with Gasteiger partial charge in [-0.2, -0.15) is 5.10 Å². The minimum Gasteiger partial charge on any atom is -0.368 e. The molecule has 0 spiro atoms. The van der Waals surface area contributed by atoms with Crippen molar-refractivity contribution in [1.82, 2.24) is 5.43 Å². The van der Waals surface area contributed by atoms with Crippen LogP contribution in [0.4, 0.5) is 5.69 Å². The number of halogens is 2. The van der Waals surface area contributed by atoms with Crippen molar-refractivity contribution < 1.29 is 0 Å². The lowest BCUT2D eigenvalue weighted by molar-refractivity contribution is 0.986. The van der Waals surface area contributed by atoms with Crippen molar-refractivity contribution in [2.75, 3.05) is 5.75 Å². The molecule has 4 nitrogen and oxygen atoms in total. The van der Waals surface area contributed by atoms with Crippen molar-refractivity contribution >= 4 is 52.3 Å². The maximum atomic E-state index is 6.08. The van der Waals surface area contributed by atoms with Crippen molar-refractivity contribution in [1.29, 1.82) is 0 Å². The van der Waals surface area contributed by atoms with Crippen LogP contribution < -0.4 is 11.2 Å². The third-order valence-corrected chi connectivity index (χ3v) is 4.79. The maximum Gasteiger partial charge on any atom is 0.214 e. The third-order valence-electron chi connectivity index (χ3n) is 3.23. The zero-order valence-electron chi connectivity index (χ0n) is 12.1. The van der Waals surface area contributed by atoms with Gasteiger partial charge in [0.2, 0.25) is 5.96 Å². The van der Waals surface area contributed by atoms with E-state index in [1.807, 2.05) is 18.2 Å². The summed E-state index contributed by atoms with van der Waals surface area (Å²) < 4.78 is 0. The number of rotatable bonds is 2. The lowest BCUT2D eigenvalue weighted by atomic mass is 10.1. The number of aliphatic imine (C=N–C) groups is 1. The van der Waals surface area contributed by atoms with Crippen LogP contribution in [0.5, 0.6) is 0 Å². The fourth-order valence-electron chi connectivity index (χ4n) is 2.17. The summed E-state index contributed by atoms with van der Waals surface area (Å²) in [5.41, 5.74) is 11.4. The Labute approximate surface area is 148 Å². The Morgan fingerprint density at radius 2 is 1.83 bits per heavy atom. The Bertz CT molecular complexity index is 772. The van der Waals surface area contributed by atoms with E-state index < -0.39 is 0 Å². The van der Waals surface area contributed by atoms with Crippen LogP contribution in [0.1, 0.15) is 12.0 Å². The lowest BCUT2D eigenvalue weighted by Crippen LogP contribution is -2.28. The SMILES string of the molecule is NC(=Nc1ccc(Cl)cc1)N/N=C1\CCSc2ccc(Cl)cc21. The molecule has 0 fully saturated rings. The van der Waals surface area contributed by atoms with Crippen molar-refractivity contribution in [3.63, 3.8) is 0 Å². The van der Waals surface area contributed by atoms with E-state index in [1.54, 1.807) is 36.0 Å². The first-order valence-electron chi connectivity index (χ1n) is 6.97. The van der Waals surface area contributed by atoms with Gasteiger partial charge < -0.3 is 5.73 Å². The average Bonchev–Trinajstić information content (AvgIpc) is 2.55. The average molecular weight is 365 g/mol. The molecule has 0 atom stereocenters. The summed E-state index contributed by atoms with van der Waals surface area (Å²) in [6.07, 6.45) is 0.846. The molecule has 0 amide bonds. The van der Waals surface area contributed by atoms with Gasteiger partial charge in [-0.3, -0.25) is 0 Å². The van der Waals surface area contributed by atoms with Crippen molar-refractivity contribution in [3.05, 3.63) is 58.1 Å². The Kier molecular flexibility index (Phi) is 5.10. The molecule has 2 aromatic carbocycles. The number of guanidine groups is 1. The summed E-state index contributed by atoms with van der Waals surface area (Å²) in [7, 11) is 0. The molecule has 0 saturated heterocycles. The van der Waals surface area contributed by atoms with E-state index >= 15 is 0 Å². The zero-order valence-corrected chi connectivity index (χ0v) is 14.4. The number of benzene rings is 2. The summed E-state index contributed by atoms with van der Waals surface area (Å²) in [6, 6.07) is 12.9. The molecule has 0 bridgehead atoms. The molecule has 118 valence electrons. The van der Waals surface area contributed by atoms with Crippen LogP contribution in [0.2, 0.25) is 10.0 Å². The van der Waals surface area contributed by atoms with Gasteiger partial charge in [-0.05, 0) is 42.5 Å². The number of hydrazone groups is 1. The molecule has 7 heteroatoms. The summed E-state index contributed by atoms with van der Waals surface area (Å²) in [5, 5.41) is 5.74. The Morgan fingerprint density at radius 1 is 1.09 bits per heavy atom. The molecule has 23 heavy (non-hydrogen) atoms. The van der Waals surface area contributed by atoms with Crippen LogP contribution in [0.15, 0.2) is 57.5 Å². The number of nitrogens with zero attached hydrogens (tertiary/aromatic N) is 2. The maximum absolute atomic E-state index is 6.08. The number of hydrogen-bond donors (Lipinski definition) is 2. The highest BCUT2D eigenvalue weighted by Gasteiger charge is 2.16. The first-order valence-corrected chi connectivity index (χ1v) is 8.71. The molecule has 1 aliphatic heterocycles. The lowest BCUT2D eigenvalue weighted by Gasteiger charge is -2.17. The topological polar surface area (TPSA) is 62.8 Å². The number of nitrogens with one attached hydrogen (secondary N) is 1. The molecule has 0 radical (unpaired) electrons. The minimum absolute atomic E-state index is 0.224. The normalized spacial score (nSPS) is 16.3. The van der Waals surface area contributed by atoms with Crippen molar-refractivity contribution in [2.45, 2.75) is 11.3 Å². The second-order valence-corrected chi connectivity index (χ2v) is 6.89. The predicted molar refractivity (Wildman–Crippen MR) is 99.2 cm³/mol. The highest BCUT2D eigenvalue weighted by molar-refractivity contribution is 7.99. The standard InChI is InChI=1S/C16H14Cl2N4S/c17-10-1-4-12(5-2-10)20-16(19)22-21-14-7-8-23-15-6-3-11(18)9-13(14)15/h1-6,9H,7-8H2,(H3,19,20,22)/b21-14+. The van der Waals surface area contributed by atoms with Crippen LogP contribution in [0.25, 0.3) is 0 Å². The third kappa shape index (κ3) is 4.19. The van der Waals surface area contributed by atoms with E-state index in [1.165, 1.54) is 4.90 Å². The molecule has 1 heterocycles. The van der Waals surface area contributed by atoms with Gasteiger partial charge in [0.15, 0.2) is 0 Å². The van der Waals surface area contributed by atoms with Gasteiger partial charge in [-0.25, -0.2) is 10.4 Å². The molecular formula is C16H14Cl2N4S. The highest BCUT2D eigenvalue weighted by Crippen LogP contribution is 2.32. The molecule has 3 N–H and O–H groups in total. The van der Waals surface area contributed by atoms with Crippen molar-refractivity contribution in [2.24, 2.45) is 15.8 Å². The second-order valence-electron chi connectivity index (χ2n) is 4.88. The van der Waals surface area contributed by atoms with E-state index in [9.17, 15) is 0 Å². The van der Waals surface area contributed by atoms with E-state index in [0.717, 1.165) is 23.4 Å². The molecule has 3 rings (SSSR count). The van der Waals surface area contributed by atoms with Crippen LogP contribution in [-0.4, -0.2) is 17.4 Å². The molecule has 0 aromatic heterocycles. The molecular weight excluding hydrogens is 351 g/mol. The molecule has 0 aliphatic carbocycles. The van der Waals surface area contributed by atoms with Gasteiger partial charge in [0.25, 0.3) is 0 Å². The van der Waals surface area contributed by atoms with Crippen LogP contribution in [-0.2, 0) is 0 Å². The van der Waals surface area contributed by atoms with E-state index in [4.69, 9.17) is 28.9 Å². The van der Waals surface area contributed by atoms with Gasteiger partial charge in [-0.1, -0.05) is 23.2 Å². The Hall–Kier alpha value is -1.69. The summed E-state index contributed by atoms with van der Waals surface area (Å²) in [4.78, 5) is 5.42. The van der Waals surface area contributed by atoms with Crippen LogP contribution in [0, 0.1) is 0 Å². The first-order chi connectivity index (χ1) is 11.1. The zero-order chi connectivity index (χ0) is 16.2. The molecule has 2 aromatic rings. The van der Waals surface area contributed by atoms with E-state index in [0.29, 0.717) is 15.7 Å². The van der Waals surface area contributed by atoms with E-state index in [-0.39, 0.29) is 5.96 Å². The highest BCUT2D eigenvalue weighted by atomic mass is 35.5. The summed E-state index contributed by atoms with van der Waals surface area (Å²) in [5.74, 6) is 1.20. The number of nitrogens with two attached hydrogens (primary N) is 1.